The summed E-state index contributed by atoms with van der Waals surface area (Å²) in [4.78, 5) is 72.8. The van der Waals surface area contributed by atoms with Gasteiger partial charge < -0.3 is 40.2 Å². The van der Waals surface area contributed by atoms with Crippen LogP contribution in [0.5, 0.6) is 0 Å². The molecule has 3 fully saturated rings. The van der Waals surface area contributed by atoms with Gasteiger partial charge in [-0.1, -0.05) is 122 Å². The van der Waals surface area contributed by atoms with Gasteiger partial charge in [0.1, 0.15) is 23.7 Å². The van der Waals surface area contributed by atoms with Gasteiger partial charge in [0.05, 0.1) is 36.8 Å². The highest BCUT2D eigenvalue weighted by molar-refractivity contribution is 5.88. The molecule has 1 saturated carbocycles. The summed E-state index contributed by atoms with van der Waals surface area (Å²) >= 11 is 0. The zero-order valence-electron chi connectivity index (χ0n) is 34.9. The molecular weight excluding hydrogens is 797 g/mol. The van der Waals surface area contributed by atoms with Crippen molar-refractivity contribution in [1.82, 2.24) is 40.4 Å². The molecule has 9 rings (SSSR count). The molecule has 4 aromatic carbocycles. The molecule has 14 heteroatoms. The monoisotopic (exact) mass is 846 g/mol. The molecule has 0 radical (unpaired) electrons. The number of alkyl carbamates (subject to hydrolysis) is 1. The van der Waals surface area contributed by atoms with Crippen molar-refractivity contribution in [2.75, 3.05) is 13.7 Å². The number of carbonyl (C=O) groups excluding carboxylic acids is 3. The molecule has 322 valence electrons. The van der Waals surface area contributed by atoms with Crippen LogP contribution in [0.2, 0.25) is 0 Å². The number of H-pyrrole nitrogens is 2. The van der Waals surface area contributed by atoms with E-state index in [2.05, 4.69) is 57.0 Å². The number of nitrogens with zero attached hydrogens (tertiary/aromatic N) is 4. The van der Waals surface area contributed by atoms with E-state index in [4.69, 9.17) is 14.7 Å². The molecule has 6 aromatic rings. The highest BCUT2D eigenvalue weighted by Gasteiger charge is 2.48. The minimum Gasteiger partial charge on any atom is -0.465 e. The van der Waals surface area contributed by atoms with Crippen LogP contribution in [-0.2, 0) is 14.3 Å². The summed E-state index contributed by atoms with van der Waals surface area (Å²) in [5.74, 6) is 1.28. The van der Waals surface area contributed by atoms with E-state index in [1.807, 2.05) is 65.8 Å². The van der Waals surface area contributed by atoms with Crippen molar-refractivity contribution < 1.29 is 29.0 Å². The molecule has 6 atom stereocenters. The molecule has 4 amide bonds. The fourth-order valence-corrected chi connectivity index (χ4v) is 9.80. The Morgan fingerprint density at radius 2 is 1.33 bits per heavy atom. The summed E-state index contributed by atoms with van der Waals surface area (Å²) in [5, 5.41) is 14.7. The minimum atomic E-state index is -1.26. The van der Waals surface area contributed by atoms with Crippen LogP contribution in [-0.4, -0.2) is 78.5 Å². The van der Waals surface area contributed by atoms with E-state index < -0.39 is 24.3 Å². The van der Waals surface area contributed by atoms with Crippen molar-refractivity contribution in [3.8, 4) is 33.6 Å². The predicted molar refractivity (Wildman–Crippen MR) is 236 cm³/mol. The third-order valence-corrected chi connectivity index (χ3v) is 12.9. The van der Waals surface area contributed by atoms with Gasteiger partial charge in [0.25, 0.3) is 11.8 Å². The summed E-state index contributed by atoms with van der Waals surface area (Å²) < 4.78 is 4.93. The second kappa shape index (κ2) is 18.0. The second-order valence-electron chi connectivity index (χ2n) is 16.6. The zero-order chi connectivity index (χ0) is 43.5. The lowest BCUT2D eigenvalue weighted by atomic mass is 9.84. The van der Waals surface area contributed by atoms with E-state index in [0.717, 1.165) is 78.0 Å². The van der Waals surface area contributed by atoms with Gasteiger partial charge in [-0.3, -0.25) is 9.59 Å². The molecule has 2 aromatic heterocycles. The molecular formula is C49H50N8O6. The highest BCUT2D eigenvalue weighted by Crippen LogP contribution is 2.47. The number of imidazole rings is 2. The number of fused-ring (bicyclic) bond motifs is 1. The van der Waals surface area contributed by atoms with E-state index in [9.17, 15) is 24.3 Å². The lowest BCUT2D eigenvalue weighted by Crippen LogP contribution is -2.47. The molecule has 0 spiro atoms. The molecule has 3 aliphatic rings. The molecule has 63 heavy (non-hydrogen) atoms. The van der Waals surface area contributed by atoms with E-state index in [-0.39, 0.29) is 29.9 Å². The SMILES string of the molecule is COC(=O)N[C@@H](C(=O)N1C2CCCCC2C[C@H]1c1ncc(-c2ccc(-c3ccc(-c4c[nH]c([C@@H]5CCCN5C(=O)[C@H](NC(=O)O)c5ccccc5)n4)cc3)cc2)[nH]1)c1ccccc1. The highest BCUT2D eigenvalue weighted by atomic mass is 16.5. The number of benzene rings is 4. The number of aromatic nitrogens is 4. The molecule has 5 N–H and O–H groups in total. The molecule has 2 unspecified atom stereocenters. The van der Waals surface area contributed by atoms with Gasteiger partial charge in [0.2, 0.25) is 0 Å². The van der Waals surface area contributed by atoms with Crippen LogP contribution in [0.3, 0.4) is 0 Å². The number of amides is 4. The van der Waals surface area contributed by atoms with Gasteiger partial charge in [0.15, 0.2) is 0 Å². The van der Waals surface area contributed by atoms with Crippen molar-refractivity contribution in [2.45, 2.75) is 75.2 Å². The molecule has 14 nitrogen and oxygen atoms in total. The van der Waals surface area contributed by atoms with Crippen LogP contribution in [0.1, 0.15) is 91.9 Å². The number of aromatic amines is 2. The quantitative estimate of drug-likeness (QED) is 0.0857. The van der Waals surface area contributed by atoms with Crippen LogP contribution in [0, 0.1) is 5.92 Å². The normalized spacial score (nSPS) is 20.4. The number of likely N-dealkylation sites (tertiary alicyclic amines) is 2. The standard InChI is InChI=1S/C49H50N8O6/c1-63-49(62)55-43(35-13-6-3-7-14-35)47(59)57-39-16-9-8-15-36(39)27-41(57)45-51-29-38(53-45)33-24-20-31(21-25-33)30-18-22-32(23-19-30)37-28-50-44(52-37)40-17-10-26-56(40)46(58)42(54-48(60)61)34-11-4-2-5-12-34/h2-7,11-14,18-25,28-29,36,39-43,54H,8-10,15-17,26-27H2,1H3,(H,50,52)(H,51,53)(H,55,62)(H,60,61)/t36?,39?,40-,41-,42+,43+/m0/s1. The number of hydrogen-bond acceptors (Lipinski definition) is 7. The lowest BCUT2D eigenvalue weighted by Gasteiger charge is -2.36. The Balaban J connectivity index is 0.889. The van der Waals surface area contributed by atoms with Crippen LogP contribution < -0.4 is 10.6 Å². The fraction of sp³-hybridized carbons (Fsp3) is 0.306. The van der Waals surface area contributed by atoms with Crippen LogP contribution in [0.4, 0.5) is 9.59 Å². The maximum Gasteiger partial charge on any atom is 0.407 e. The lowest BCUT2D eigenvalue weighted by molar-refractivity contribution is -0.137. The second-order valence-corrected chi connectivity index (χ2v) is 16.6. The Morgan fingerprint density at radius 1 is 0.714 bits per heavy atom. The van der Waals surface area contributed by atoms with Crippen LogP contribution in [0.15, 0.2) is 122 Å². The summed E-state index contributed by atoms with van der Waals surface area (Å²) in [6.45, 7) is 0.507. The molecule has 2 saturated heterocycles. The van der Waals surface area contributed by atoms with Gasteiger partial charge in [-0.25, -0.2) is 19.6 Å². The number of carbonyl (C=O) groups is 4. The van der Waals surface area contributed by atoms with Crippen LogP contribution >= 0.6 is 0 Å². The molecule has 0 bridgehead atoms. The number of nitrogens with one attached hydrogen (secondary N) is 4. The zero-order valence-corrected chi connectivity index (χ0v) is 34.9. The van der Waals surface area contributed by atoms with Crippen LogP contribution in [0.25, 0.3) is 33.6 Å². The summed E-state index contributed by atoms with van der Waals surface area (Å²) in [7, 11) is 1.30. The van der Waals surface area contributed by atoms with E-state index in [1.54, 1.807) is 29.2 Å². The van der Waals surface area contributed by atoms with E-state index in [0.29, 0.717) is 35.8 Å². The Labute approximate surface area is 365 Å². The number of rotatable bonds is 11. The fourth-order valence-electron chi connectivity index (χ4n) is 9.80. The molecule has 4 heterocycles. The first-order valence-electron chi connectivity index (χ1n) is 21.6. The maximum atomic E-state index is 14.5. The maximum absolute atomic E-state index is 14.5. The third kappa shape index (κ3) is 8.53. The number of hydrogen-bond donors (Lipinski definition) is 5. The summed E-state index contributed by atoms with van der Waals surface area (Å²) in [6, 6.07) is 32.3. The van der Waals surface area contributed by atoms with Gasteiger partial charge in [0, 0.05) is 24.3 Å². The first kappa shape index (κ1) is 41.1. The Hall–Kier alpha value is -7.22. The summed E-state index contributed by atoms with van der Waals surface area (Å²) in [6.07, 6.45) is 8.22. The average Bonchev–Trinajstić information content (AvgIpc) is 4.17. The van der Waals surface area contributed by atoms with Gasteiger partial charge in [-0.05, 0) is 65.8 Å². The average molecular weight is 847 g/mol. The minimum absolute atomic E-state index is 0.0625. The van der Waals surface area contributed by atoms with Crippen molar-refractivity contribution in [2.24, 2.45) is 5.92 Å². The Kier molecular flexibility index (Phi) is 11.8. The van der Waals surface area contributed by atoms with E-state index in [1.165, 1.54) is 7.11 Å². The van der Waals surface area contributed by atoms with Crippen molar-refractivity contribution in [3.63, 3.8) is 0 Å². The van der Waals surface area contributed by atoms with Crippen molar-refractivity contribution in [3.05, 3.63) is 144 Å². The third-order valence-electron chi connectivity index (χ3n) is 12.9. The number of ether oxygens (including phenoxy) is 1. The van der Waals surface area contributed by atoms with Crippen molar-refractivity contribution >= 4 is 24.0 Å². The van der Waals surface area contributed by atoms with Gasteiger partial charge in [-0.15, -0.1) is 0 Å². The predicted octanol–water partition coefficient (Wildman–Crippen LogP) is 8.74. The largest absolute Gasteiger partial charge is 0.465 e. The number of carboxylic acid groups (broad SMARTS) is 1. The molecule has 2 aliphatic heterocycles. The first-order valence-corrected chi connectivity index (χ1v) is 21.6. The van der Waals surface area contributed by atoms with Gasteiger partial charge >= 0.3 is 12.2 Å². The van der Waals surface area contributed by atoms with E-state index >= 15 is 0 Å². The van der Waals surface area contributed by atoms with Gasteiger partial charge in [-0.2, -0.15) is 0 Å². The number of methoxy groups -OCH3 is 1. The topological polar surface area (TPSA) is 186 Å². The molecule has 1 aliphatic carbocycles. The Bertz CT molecular complexity index is 2560. The Morgan fingerprint density at radius 3 is 1.98 bits per heavy atom. The first-order chi connectivity index (χ1) is 30.7. The summed E-state index contributed by atoms with van der Waals surface area (Å²) in [5.41, 5.74) is 6.85. The van der Waals surface area contributed by atoms with Crippen molar-refractivity contribution in [1.29, 1.82) is 0 Å². The smallest absolute Gasteiger partial charge is 0.407 e.